The molecule has 0 atom stereocenters. The summed E-state index contributed by atoms with van der Waals surface area (Å²) in [5.41, 5.74) is 1.87. The molecule has 30 heavy (non-hydrogen) atoms. The van der Waals surface area contributed by atoms with Crippen LogP contribution in [0.15, 0.2) is 60.0 Å². The fourth-order valence-corrected chi connectivity index (χ4v) is 4.29. The third-order valence-electron chi connectivity index (χ3n) is 4.51. The van der Waals surface area contributed by atoms with Gasteiger partial charge in [-0.2, -0.15) is 0 Å². The zero-order valence-electron chi connectivity index (χ0n) is 16.9. The lowest BCUT2D eigenvalue weighted by Gasteiger charge is -2.15. The molecule has 1 saturated heterocycles. The van der Waals surface area contributed by atoms with E-state index in [-0.39, 0.29) is 5.91 Å². The fraction of sp³-hybridized carbons (Fsp3) is 0.217. The van der Waals surface area contributed by atoms with Gasteiger partial charge in [-0.05, 0) is 36.3 Å². The van der Waals surface area contributed by atoms with E-state index in [2.05, 4.69) is 6.58 Å². The summed E-state index contributed by atoms with van der Waals surface area (Å²) in [6.45, 7) is 4.56. The number of carbonyl (C=O) groups excluding carboxylic acids is 1. The monoisotopic (exact) mass is 441 g/mol. The molecular formula is C23H23NO4S2. The number of methoxy groups -OCH3 is 2. The molecule has 5 nitrogen and oxygen atoms in total. The summed E-state index contributed by atoms with van der Waals surface area (Å²) in [5.74, 6) is 1.94. The molecule has 0 aliphatic carbocycles. The van der Waals surface area contributed by atoms with Crippen LogP contribution in [0.2, 0.25) is 0 Å². The molecule has 0 N–H and O–H groups in total. The fourth-order valence-electron chi connectivity index (χ4n) is 2.99. The summed E-state index contributed by atoms with van der Waals surface area (Å²) in [6.07, 6.45) is 4.16. The lowest BCUT2D eigenvalue weighted by molar-refractivity contribution is -0.122. The number of amides is 1. The van der Waals surface area contributed by atoms with Crippen molar-refractivity contribution < 1.29 is 19.0 Å². The van der Waals surface area contributed by atoms with Crippen molar-refractivity contribution in [2.24, 2.45) is 0 Å². The Morgan fingerprint density at radius 1 is 1.10 bits per heavy atom. The number of rotatable bonds is 9. The van der Waals surface area contributed by atoms with Crippen LogP contribution >= 0.6 is 24.0 Å². The van der Waals surface area contributed by atoms with Crippen molar-refractivity contribution in [2.45, 2.75) is 6.42 Å². The van der Waals surface area contributed by atoms with E-state index < -0.39 is 0 Å². The topological polar surface area (TPSA) is 48.0 Å². The lowest BCUT2D eigenvalue weighted by atomic mass is 10.1. The molecule has 2 aromatic rings. The van der Waals surface area contributed by atoms with Crippen molar-refractivity contribution in [3.05, 3.63) is 71.2 Å². The van der Waals surface area contributed by atoms with Crippen LogP contribution in [-0.4, -0.2) is 42.5 Å². The van der Waals surface area contributed by atoms with Gasteiger partial charge in [0.1, 0.15) is 16.7 Å². The zero-order chi connectivity index (χ0) is 21.5. The van der Waals surface area contributed by atoms with E-state index in [0.29, 0.717) is 46.0 Å². The van der Waals surface area contributed by atoms with Gasteiger partial charge >= 0.3 is 0 Å². The Morgan fingerprint density at radius 3 is 2.60 bits per heavy atom. The first kappa shape index (κ1) is 21.9. The van der Waals surface area contributed by atoms with Crippen LogP contribution in [0.25, 0.3) is 6.08 Å². The highest BCUT2D eigenvalue weighted by molar-refractivity contribution is 8.26. The summed E-state index contributed by atoms with van der Waals surface area (Å²) in [5, 5.41) is 0. The number of hydrogen-bond donors (Lipinski definition) is 0. The molecule has 1 aliphatic rings. The maximum absolute atomic E-state index is 12.9. The average Bonchev–Trinajstić information content (AvgIpc) is 3.03. The number of carbonyl (C=O) groups is 1. The molecule has 1 aliphatic heterocycles. The first-order valence-electron chi connectivity index (χ1n) is 9.36. The van der Waals surface area contributed by atoms with E-state index in [1.165, 1.54) is 11.8 Å². The Labute approximate surface area is 186 Å². The van der Waals surface area contributed by atoms with Crippen molar-refractivity contribution in [2.75, 3.05) is 27.4 Å². The predicted molar refractivity (Wildman–Crippen MR) is 125 cm³/mol. The van der Waals surface area contributed by atoms with E-state index in [1.807, 2.05) is 48.5 Å². The minimum atomic E-state index is -0.0935. The summed E-state index contributed by atoms with van der Waals surface area (Å²) in [6, 6.07) is 13.3. The highest BCUT2D eigenvalue weighted by Crippen LogP contribution is 2.35. The molecule has 0 saturated carbocycles. The molecule has 2 aromatic carbocycles. The Bertz CT molecular complexity index is 987. The summed E-state index contributed by atoms with van der Waals surface area (Å²) >= 11 is 6.76. The number of para-hydroxylation sites is 1. The molecule has 156 valence electrons. The van der Waals surface area contributed by atoms with Gasteiger partial charge < -0.3 is 14.2 Å². The van der Waals surface area contributed by atoms with Crippen molar-refractivity contribution >= 4 is 40.3 Å². The van der Waals surface area contributed by atoms with Crippen LogP contribution < -0.4 is 14.2 Å². The lowest BCUT2D eigenvalue weighted by Crippen LogP contribution is -2.30. The van der Waals surface area contributed by atoms with Crippen molar-refractivity contribution in [1.82, 2.24) is 4.90 Å². The quantitative estimate of drug-likeness (QED) is 0.319. The highest BCUT2D eigenvalue weighted by atomic mass is 32.2. The van der Waals surface area contributed by atoms with Crippen LogP contribution in [0.1, 0.15) is 11.1 Å². The van der Waals surface area contributed by atoms with Crippen LogP contribution in [0.5, 0.6) is 17.2 Å². The van der Waals surface area contributed by atoms with Gasteiger partial charge in [0.05, 0.1) is 19.1 Å². The second-order valence-corrected chi connectivity index (χ2v) is 8.09. The van der Waals surface area contributed by atoms with Crippen LogP contribution in [-0.2, 0) is 11.2 Å². The molecule has 0 bridgehead atoms. The van der Waals surface area contributed by atoms with Gasteiger partial charge in [0.2, 0.25) is 0 Å². The van der Waals surface area contributed by atoms with E-state index in [9.17, 15) is 4.79 Å². The summed E-state index contributed by atoms with van der Waals surface area (Å²) < 4.78 is 16.9. The second kappa shape index (κ2) is 10.3. The Hall–Kier alpha value is -2.77. The number of nitrogens with zero attached hydrogens (tertiary/aromatic N) is 1. The SMILES string of the molecule is C=CCOc1ccccc1C=C1SC(=S)N(CCc2ccc(OC)c(OC)c2)C1=O. The molecule has 0 spiro atoms. The van der Waals surface area contributed by atoms with Crippen LogP contribution in [0.3, 0.4) is 0 Å². The third-order valence-corrected chi connectivity index (χ3v) is 5.89. The number of benzene rings is 2. The molecule has 0 radical (unpaired) electrons. The Morgan fingerprint density at radius 2 is 1.87 bits per heavy atom. The molecule has 7 heteroatoms. The Balaban J connectivity index is 1.73. The predicted octanol–water partition coefficient (Wildman–Crippen LogP) is 4.71. The maximum atomic E-state index is 12.9. The number of ether oxygens (including phenoxy) is 3. The number of hydrogen-bond acceptors (Lipinski definition) is 6. The van der Waals surface area contributed by atoms with Gasteiger partial charge in [-0.1, -0.05) is 60.9 Å². The molecule has 0 aromatic heterocycles. The normalized spacial score (nSPS) is 14.9. The van der Waals surface area contributed by atoms with Gasteiger partial charge in [0.25, 0.3) is 5.91 Å². The zero-order valence-corrected chi connectivity index (χ0v) is 18.6. The maximum Gasteiger partial charge on any atom is 0.266 e. The summed E-state index contributed by atoms with van der Waals surface area (Å²) in [7, 11) is 3.20. The Kier molecular flexibility index (Phi) is 7.54. The van der Waals surface area contributed by atoms with E-state index in [4.69, 9.17) is 26.4 Å². The summed E-state index contributed by atoms with van der Waals surface area (Å²) in [4.78, 5) is 15.2. The van der Waals surface area contributed by atoms with Crippen LogP contribution in [0.4, 0.5) is 0 Å². The van der Waals surface area contributed by atoms with E-state index in [0.717, 1.165) is 11.1 Å². The molecule has 1 heterocycles. The van der Waals surface area contributed by atoms with Crippen molar-refractivity contribution in [3.63, 3.8) is 0 Å². The van der Waals surface area contributed by atoms with Gasteiger partial charge in [-0.25, -0.2) is 0 Å². The molecule has 3 rings (SSSR count). The van der Waals surface area contributed by atoms with E-state index >= 15 is 0 Å². The highest BCUT2D eigenvalue weighted by Gasteiger charge is 2.31. The van der Waals surface area contributed by atoms with E-state index in [1.54, 1.807) is 25.2 Å². The first-order chi connectivity index (χ1) is 14.6. The first-order valence-corrected chi connectivity index (χ1v) is 10.6. The number of thioether (sulfide) groups is 1. The molecule has 1 amide bonds. The third kappa shape index (κ3) is 5.04. The van der Waals surface area contributed by atoms with Gasteiger partial charge in [-0.15, -0.1) is 0 Å². The van der Waals surface area contributed by atoms with Crippen LogP contribution in [0, 0.1) is 0 Å². The van der Waals surface area contributed by atoms with Gasteiger partial charge in [0, 0.05) is 12.1 Å². The number of thiocarbonyl (C=S) groups is 1. The largest absolute Gasteiger partial charge is 0.493 e. The second-order valence-electron chi connectivity index (χ2n) is 6.41. The van der Waals surface area contributed by atoms with Gasteiger partial charge in [0.15, 0.2) is 11.5 Å². The average molecular weight is 442 g/mol. The van der Waals surface area contributed by atoms with Crippen molar-refractivity contribution in [1.29, 1.82) is 0 Å². The van der Waals surface area contributed by atoms with Gasteiger partial charge in [-0.3, -0.25) is 9.69 Å². The minimum absolute atomic E-state index is 0.0935. The molecular weight excluding hydrogens is 418 g/mol. The minimum Gasteiger partial charge on any atom is -0.493 e. The molecule has 1 fully saturated rings. The molecule has 0 unspecified atom stereocenters. The smallest absolute Gasteiger partial charge is 0.266 e. The standard InChI is InChI=1S/C23H23NO4S2/c1-4-13-28-18-8-6-5-7-17(18)15-21-22(25)24(23(29)30-21)12-11-16-9-10-19(26-2)20(14-16)27-3/h4-10,14-15H,1,11-13H2,2-3H3. The van der Waals surface area contributed by atoms with Crippen molar-refractivity contribution in [3.8, 4) is 17.2 Å².